The van der Waals surface area contributed by atoms with Gasteiger partial charge in [-0.1, -0.05) is 109 Å². The van der Waals surface area contributed by atoms with Gasteiger partial charge in [-0.15, -0.1) is 0 Å². The zero-order valence-electron chi connectivity index (χ0n) is 16.1. The van der Waals surface area contributed by atoms with Gasteiger partial charge >= 0.3 is 0 Å². The lowest BCUT2D eigenvalue weighted by Gasteiger charge is -2.03. The minimum atomic E-state index is 1.32. The van der Waals surface area contributed by atoms with Crippen LogP contribution in [0.3, 0.4) is 0 Å². The standard InChI is InChI=1S/C22H44/c1-4-6-8-10-11-12-13-14-15-16-17-19-21-22(3)20-18-9-7-5-2/h21H,4-20H2,1-3H3/b22-21-. The summed E-state index contributed by atoms with van der Waals surface area (Å²) in [5.41, 5.74) is 1.63. The van der Waals surface area contributed by atoms with Gasteiger partial charge in [0, 0.05) is 0 Å². The lowest BCUT2D eigenvalue weighted by molar-refractivity contribution is 0.550. The maximum atomic E-state index is 2.50. The minimum Gasteiger partial charge on any atom is -0.0856 e. The maximum Gasteiger partial charge on any atom is -0.0323 e. The van der Waals surface area contributed by atoms with E-state index in [2.05, 4.69) is 26.8 Å². The van der Waals surface area contributed by atoms with Crippen LogP contribution in [-0.2, 0) is 0 Å². The summed E-state index contributed by atoms with van der Waals surface area (Å²) in [7, 11) is 0. The van der Waals surface area contributed by atoms with E-state index in [9.17, 15) is 0 Å². The Bertz CT molecular complexity index is 226. The van der Waals surface area contributed by atoms with Gasteiger partial charge in [-0.2, -0.15) is 0 Å². The first-order valence-corrected chi connectivity index (χ1v) is 10.5. The van der Waals surface area contributed by atoms with Crippen molar-refractivity contribution in [2.75, 3.05) is 0 Å². The Hall–Kier alpha value is -0.260. The third-order valence-electron chi connectivity index (χ3n) is 4.73. The van der Waals surface area contributed by atoms with E-state index >= 15 is 0 Å². The Morgan fingerprint density at radius 2 is 0.955 bits per heavy atom. The van der Waals surface area contributed by atoms with E-state index in [1.54, 1.807) is 5.57 Å². The molecule has 0 rings (SSSR count). The Kier molecular flexibility index (Phi) is 18.6. The van der Waals surface area contributed by atoms with E-state index in [0.29, 0.717) is 0 Å². The molecule has 0 radical (unpaired) electrons. The summed E-state index contributed by atoms with van der Waals surface area (Å²) in [6.07, 6.45) is 26.6. The molecule has 0 nitrogen and oxygen atoms in total. The Morgan fingerprint density at radius 1 is 0.545 bits per heavy atom. The fourth-order valence-corrected chi connectivity index (χ4v) is 3.09. The van der Waals surface area contributed by atoms with E-state index in [0.717, 1.165) is 0 Å². The Balaban J connectivity index is 3.18. The lowest BCUT2D eigenvalue weighted by atomic mass is 10.0. The molecule has 0 aromatic rings. The number of rotatable bonds is 17. The zero-order chi connectivity index (χ0) is 16.3. The summed E-state index contributed by atoms with van der Waals surface area (Å²) in [5, 5.41) is 0. The van der Waals surface area contributed by atoms with Crippen LogP contribution in [0.4, 0.5) is 0 Å². The van der Waals surface area contributed by atoms with Crippen molar-refractivity contribution in [2.24, 2.45) is 0 Å². The first-order valence-electron chi connectivity index (χ1n) is 10.5. The average Bonchev–Trinajstić information content (AvgIpc) is 2.52. The highest BCUT2D eigenvalue weighted by molar-refractivity contribution is 4.97. The molecule has 0 aromatic carbocycles. The zero-order valence-corrected chi connectivity index (χ0v) is 16.1. The van der Waals surface area contributed by atoms with Crippen molar-refractivity contribution in [3.8, 4) is 0 Å². The van der Waals surface area contributed by atoms with Gasteiger partial charge in [-0.05, 0) is 32.6 Å². The number of allylic oxidation sites excluding steroid dienone is 2. The lowest BCUT2D eigenvalue weighted by Crippen LogP contribution is -1.83. The van der Waals surface area contributed by atoms with E-state index in [1.165, 1.54) is 109 Å². The van der Waals surface area contributed by atoms with Gasteiger partial charge < -0.3 is 0 Å². The molecule has 0 spiro atoms. The van der Waals surface area contributed by atoms with Gasteiger partial charge in [0.15, 0.2) is 0 Å². The molecule has 0 fully saturated rings. The van der Waals surface area contributed by atoms with Crippen LogP contribution in [-0.4, -0.2) is 0 Å². The maximum absolute atomic E-state index is 2.50. The van der Waals surface area contributed by atoms with Gasteiger partial charge in [0.1, 0.15) is 0 Å². The molecule has 22 heavy (non-hydrogen) atoms. The molecule has 0 heteroatoms. The molecular formula is C22H44. The molecule has 0 amide bonds. The van der Waals surface area contributed by atoms with Crippen molar-refractivity contribution in [1.82, 2.24) is 0 Å². The van der Waals surface area contributed by atoms with Crippen molar-refractivity contribution in [1.29, 1.82) is 0 Å². The minimum absolute atomic E-state index is 1.32. The van der Waals surface area contributed by atoms with Crippen molar-refractivity contribution in [2.45, 2.75) is 130 Å². The summed E-state index contributed by atoms with van der Waals surface area (Å²) in [6, 6.07) is 0. The van der Waals surface area contributed by atoms with E-state index < -0.39 is 0 Å². The summed E-state index contributed by atoms with van der Waals surface area (Å²) >= 11 is 0. The third kappa shape index (κ3) is 17.8. The predicted molar refractivity (Wildman–Crippen MR) is 104 cm³/mol. The molecule has 0 aromatic heterocycles. The SMILES string of the molecule is CCCCCCCCCCCCC/C=C(/C)CCCCCC. The molecular weight excluding hydrogens is 264 g/mol. The molecule has 0 heterocycles. The highest BCUT2D eigenvalue weighted by atomic mass is 14.0. The van der Waals surface area contributed by atoms with Crippen molar-refractivity contribution in [3.63, 3.8) is 0 Å². The number of unbranched alkanes of at least 4 members (excludes halogenated alkanes) is 14. The van der Waals surface area contributed by atoms with Crippen molar-refractivity contribution in [3.05, 3.63) is 11.6 Å². The highest BCUT2D eigenvalue weighted by Gasteiger charge is 1.94. The monoisotopic (exact) mass is 308 g/mol. The second-order valence-electron chi connectivity index (χ2n) is 7.19. The van der Waals surface area contributed by atoms with E-state index in [1.807, 2.05) is 0 Å². The van der Waals surface area contributed by atoms with Crippen molar-refractivity contribution >= 4 is 0 Å². The molecule has 0 aliphatic rings. The predicted octanol–water partition coefficient (Wildman–Crippen LogP) is 8.60. The first kappa shape index (κ1) is 21.7. The molecule has 0 saturated carbocycles. The Morgan fingerprint density at radius 3 is 1.45 bits per heavy atom. The molecule has 0 bridgehead atoms. The van der Waals surface area contributed by atoms with Gasteiger partial charge in [-0.3, -0.25) is 0 Å². The highest BCUT2D eigenvalue weighted by Crippen LogP contribution is 2.14. The average molecular weight is 309 g/mol. The third-order valence-corrected chi connectivity index (χ3v) is 4.73. The van der Waals surface area contributed by atoms with Gasteiger partial charge in [0.25, 0.3) is 0 Å². The van der Waals surface area contributed by atoms with Crippen molar-refractivity contribution < 1.29 is 0 Å². The Labute approximate surface area is 142 Å². The van der Waals surface area contributed by atoms with E-state index in [4.69, 9.17) is 0 Å². The fourth-order valence-electron chi connectivity index (χ4n) is 3.09. The normalized spacial score (nSPS) is 12.0. The van der Waals surface area contributed by atoms with Gasteiger partial charge in [0.05, 0.1) is 0 Å². The topological polar surface area (TPSA) is 0 Å². The molecule has 0 atom stereocenters. The second kappa shape index (κ2) is 18.8. The summed E-state index contributed by atoms with van der Waals surface area (Å²) in [5.74, 6) is 0. The summed E-state index contributed by atoms with van der Waals surface area (Å²) in [4.78, 5) is 0. The molecule has 0 aliphatic carbocycles. The van der Waals surface area contributed by atoms with E-state index in [-0.39, 0.29) is 0 Å². The quantitative estimate of drug-likeness (QED) is 0.186. The molecule has 0 saturated heterocycles. The molecule has 0 N–H and O–H groups in total. The van der Waals surface area contributed by atoms with Crippen LogP contribution in [0.1, 0.15) is 130 Å². The van der Waals surface area contributed by atoms with Crippen LogP contribution >= 0.6 is 0 Å². The van der Waals surface area contributed by atoms with Crippen LogP contribution in [0, 0.1) is 0 Å². The second-order valence-corrected chi connectivity index (χ2v) is 7.19. The summed E-state index contributed by atoms with van der Waals surface area (Å²) < 4.78 is 0. The van der Waals surface area contributed by atoms with Gasteiger partial charge in [0.2, 0.25) is 0 Å². The summed E-state index contributed by atoms with van der Waals surface area (Å²) in [6.45, 7) is 6.91. The smallest absolute Gasteiger partial charge is 0.0323 e. The van der Waals surface area contributed by atoms with Crippen LogP contribution in [0.2, 0.25) is 0 Å². The first-order chi connectivity index (χ1) is 10.8. The number of hydrogen-bond acceptors (Lipinski definition) is 0. The molecule has 0 aliphatic heterocycles. The van der Waals surface area contributed by atoms with Crippen LogP contribution in [0.15, 0.2) is 11.6 Å². The van der Waals surface area contributed by atoms with Gasteiger partial charge in [-0.25, -0.2) is 0 Å². The fraction of sp³-hybridized carbons (Fsp3) is 0.909. The van der Waals surface area contributed by atoms with Crippen LogP contribution in [0.25, 0.3) is 0 Å². The largest absolute Gasteiger partial charge is 0.0856 e. The molecule has 0 unspecified atom stereocenters. The van der Waals surface area contributed by atoms with Crippen LogP contribution < -0.4 is 0 Å². The number of hydrogen-bond donors (Lipinski definition) is 0. The van der Waals surface area contributed by atoms with Crippen LogP contribution in [0.5, 0.6) is 0 Å². The molecule has 132 valence electrons.